The van der Waals surface area contributed by atoms with Gasteiger partial charge in [-0.2, -0.15) is 4.99 Å². The van der Waals surface area contributed by atoms with Crippen molar-refractivity contribution in [3.05, 3.63) is 88.7 Å². The third kappa shape index (κ3) is 5.15. The summed E-state index contributed by atoms with van der Waals surface area (Å²) in [6.45, 7) is 4.21. The molecule has 0 aliphatic carbocycles. The predicted octanol–water partition coefficient (Wildman–Crippen LogP) is 5.10. The van der Waals surface area contributed by atoms with Gasteiger partial charge in [-0.05, 0) is 60.7 Å². The molecule has 0 aliphatic rings. The first-order valence-corrected chi connectivity index (χ1v) is 13.3. The standard InChI is InChI=1S/C25H22ClN3O5S2/c1-4-15-29-22-20(33-2)13-14-21(34-3)23(22)35-25(29)27-24(30)16-5-9-18(10-6-16)28-36(31,32)19-11-7-17(26)8-12-19/h4-14,28H,1,15H2,2-3H3. The molecule has 0 radical (unpaired) electrons. The van der Waals surface area contributed by atoms with Crippen LogP contribution in [0.5, 0.6) is 11.5 Å². The number of allylic oxidation sites excluding steroid dienone is 1. The van der Waals surface area contributed by atoms with Gasteiger partial charge in [0.2, 0.25) is 0 Å². The summed E-state index contributed by atoms with van der Waals surface area (Å²) >= 11 is 7.13. The Labute approximate surface area is 217 Å². The highest BCUT2D eigenvalue weighted by atomic mass is 35.5. The molecule has 0 unspecified atom stereocenters. The summed E-state index contributed by atoms with van der Waals surface area (Å²) in [4.78, 5) is 17.8. The summed E-state index contributed by atoms with van der Waals surface area (Å²) in [5.41, 5.74) is 1.35. The van der Waals surface area contributed by atoms with Crippen LogP contribution in [0.3, 0.4) is 0 Å². The number of sulfonamides is 1. The average molecular weight is 544 g/mol. The van der Waals surface area contributed by atoms with E-state index < -0.39 is 15.9 Å². The number of rotatable bonds is 8. The van der Waals surface area contributed by atoms with Crippen molar-refractivity contribution in [1.82, 2.24) is 4.57 Å². The minimum atomic E-state index is -3.80. The number of methoxy groups -OCH3 is 2. The molecule has 8 nitrogen and oxygen atoms in total. The van der Waals surface area contributed by atoms with Crippen molar-refractivity contribution in [2.75, 3.05) is 18.9 Å². The number of anilines is 1. The van der Waals surface area contributed by atoms with Gasteiger partial charge >= 0.3 is 0 Å². The maximum Gasteiger partial charge on any atom is 0.279 e. The molecule has 36 heavy (non-hydrogen) atoms. The second kappa shape index (κ2) is 10.6. The Morgan fingerprint density at radius 3 is 2.31 bits per heavy atom. The molecule has 1 N–H and O–H groups in total. The Bertz CT molecular complexity index is 1610. The van der Waals surface area contributed by atoms with Gasteiger partial charge in [0, 0.05) is 22.8 Å². The van der Waals surface area contributed by atoms with Crippen molar-refractivity contribution in [2.45, 2.75) is 11.4 Å². The van der Waals surface area contributed by atoms with Crippen molar-refractivity contribution >= 4 is 54.8 Å². The first-order valence-electron chi connectivity index (χ1n) is 10.6. The number of hydrogen-bond acceptors (Lipinski definition) is 6. The SMILES string of the molecule is C=CCn1c(=NC(=O)c2ccc(NS(=O)(=O)c3ccc(Cl)cc3)cc2)sc2c(OC)ccc(OC)c21. The quantitative estimate of drug-likeness (QED) is 0.312. The summed E-state index contributed by atoms with van der Waals surface area (Å²) < 4.78 is 41.3. The predicted molar refractivity (Wildman–Crippen MR) is 142 cm³/mol. The lowest BCUT2D eigenvalue weighted by molar-refractivity contribution is 0.0998. The van der Waals surface area contributed by atoms with Crippen LogP contribution < -0.4 is 19.0 Å². The van der Waals surface area contributed by atoms with Gasteiger partial charge in [0.05, 0.1) is 19.1 Å². The Balaban J connectivity index is 1.66. The number of nitrogens with zero attached hydrogens (tertiary/aromatic N) is 2. The van der Waals surface area contributed by atoms with E-state index in [0.717, 1.165) is 10.2 Å². The summed E-state index contributed by atoms with van der Waals surface area (Å²) in [7, 11) is -0.659. The van der Waals surface area contributed by atoms with Gasteiger partial charge in [-0.1, -0.05) is 29.0 Å². The molecule has 0 spiro atoms. The molecule has 3 aromatic carbocycles. The van der Waals surface area contributed by atoms with Gasteiger partial charge in [-0.3, -0.25) is 9.52 Å². The van der Waals surface area contributed by atoms with E-state index in [-0.39, 0.29) is 4.90 Å². The molecule has 1 heterocycles. The molecule has 0 aliphatic heterocycles. The minimum absolute atomic E-state index is 0.0736. The number of carbonyl (C=O) groups excluding carboxylic acids is 1. The Morgan fingerprint density at radius 2 is 1.69 bits per heavy atom. The third-order valence-electron chi connectivity index (χ3n) is 5.21. The van der Waals surface area contributed by atoms with Crippen LogP contribution in [-0.2, 0) is 16.6 Å². The normalized spacial score (nSPS) is 11.9. The summed E-state index contributed by atoms with van der Waals surface area (Å²) in [5, 5.41) is 0.436. The summed E-state index contributed by atoms with van der Waals surface area (Å²) in [6, 6.07) is 15.4. The zero-order valence-corrected chi connectivity index (χ0v) is 21.8. The van der Waals surface area contributed by atoms with Crippen LogP contribution in [0.2, 0.25) is 5.02 Å². The Hall–Kier alpha value is -3.60. The lowest BCUT2D eigenvalue weighted by Crippen LogP contribution is -2.16. The molecule has 4 aromatic rings. The van der Waals surface area contributed by atoms with Crippen molar-refractivity contribution in [3.63, 3.8) is 0 Å². The van der Waals surface area contributed by atoms with Gasteiger partial charge in [0.15, 0.2) is 4.80 Å². The number of hydrogen-bond donors (Lipinski definition) is 1. The van der Waals surface area contributed by atoms with Gasteiger partial charge in [0.25, 0.3) is 15.9 Å². The van der Waals surface area contributed by atoms with Crippen LogP contribution >= 0.6 is 22.9 Å². The van der Waals surface area contributed by atoms with Crippen LogP contribution in [0.4, 0.5) is 5.69 Å². The first-order chi connectivity index (χ1) is 17.3. The molecule has 186 valence electrons. The number of fused-ring (bicyclic) bond motifs is 1. The average Bonchev–Trinajstić information content (AvgIpc) is 3.22. The number of amides is 1. The second-order valence-corrected chi connectivity index (χ2v) is 10.6. The van der Waals surface area contributed by atoms with E-state index in [9.17, 15) is 13.2 Å². The zero-order valence-electron chi connectivity index (χ0n) is 19.4. The fourth-order valence-electron chi connectivity index (χ4n) is 3.50. The van der Waals surface area contributed by atoms with Gasteiger partial charge < -0.3 is 14.0 Å². The third-order valence-corrected chi connectivity index (χ3v) is 7.95. The lowest BCUT2D eigenvalue weighted by Gasteiger charge is -2.09. The van der Waals surface area contributed by atoms with Crippen LogP contribution in [-0.4, -0.2) is 33.1 Å². The fraction of sp³-hybridized carbons (Fsp3) is 0.120. The molecule has 1 aromatic heterocycles. The first kappa shape index (κ1) is 25.5. The molecule has 4 rings (SSSR count). The number of ether oxygens (including phenoxy) is 2. The molecular formula is C25H22ClN3O5S2. The van der Waals surface area contributed by atoms with Crippen LogP contribution in [0.15, 0.2) is 83.2 Å². The maximum atomic E-state index is 13.0. The largest absolute Gasteiger partial charge is 0.495 e. The molecule has 11 heteroatoms. The van der Waals surface area contributed by atoms with Crippen molar-refractivity contribution < 1.29 is 22.7 Å². The number of benzene rings is 3. The molecular weight excluding hydrogens is 522 g/mol. The molecule has 0 fully saturated rings. The molecule has 1 amide bonds. The fourth-order valence-corrected chi connectivity index (χ4v) is 5.83. The van der Waals surface area contributed by atoms with E-state index in [1.807, 2.05) is 4.57 Å². The molecule has 0 saturated carbocycles. The number of halogens is 1. The molecule has 0 saturated heterocycles. The van der Waals surface area contributed by atoms with Gasteiger partial charge in [0.1, 0.15) is 21.7 Å². The van der Waals surface area contributed by atoms with Gasteiger partial charge in [-0.25, -0.2) is 8.42 Å². The maximum absolute atomic E-state index is 13.0. The highest BCUT2D eigenvalue weighted by Gasteiger charge is 2.17. The van der Waals surface area contributed by atoms with E-state index in [1.54, 1.807) is 32.4 Å². The van der Waals surface area contributed by atoms with Crippen molar-refractivity contribution in [3.8, 4) is 11.5 Å². The van der Waals surface area contributed by atoms with E-state index in [1.165, 1.54) is 59.9 Å². The highest BCUT2D eigenvalue weighted by Crippen LogP contribution is 2.35. The van der Waals surface area contributed by atoms with Crippen LogP contribution in [0, 0.1) is 0 Å². The van der Waals surface area contributed by atoms with Crippen LogP contribution in [0.1, 0.15) is 10.4 Å². The zero-order chi connectivity index (χ0) is 25.9. The summed E-state index contributed by atoms with van der Waals surface area (Å²) in [5.74, 6) is 0.777. The Kier molecular flexibility index (Phi) is 7.48. The Morgan fingerprint density at radius 1 is 1.06 bits per heavy atom. The molecule has 0 atom stereocenters. The van der Waals surface area contributed by atoms with E-state index in [4.69, 9.17) is 21.1 Å². The van der Waals surface area contributed by atoms with Crippen molar-refractivity contribution in [1.29, 1.82) is 0 Å². The lowest BCUT2D eigenvalue weighted by atomic mass is 10.2. The second-order valence-electron chi connectivity index (χ2n) is 7.49. The summed E-state index contributed by atoms with van der Waals surface area (Å²) in [6.07, 6.45) is 1.70. The van der Waals surface area contributed by atoms with Crippen LogP contribution in [0.25, 0.3) is 10.2 Å². The number of aromatic nitrogens is 1. The smallest absolute Gasteiger partial charge is 0.279 e. The number of thiazole rings is 1. The van der Waals surface area contributed by atoms with Gasteiger partial charge in [-0.15, -0.1) is 6.58 Å². The topological polar surface area (TPSA) is 99.0 Å². The molecule has 0 bridgehead atoms. The minimum Gasteiger partial charge on any atom is -0.495 e. The number of carbonyl (C=O) groups is 1. The van der Waals surface area contributed by atoms with E-state index >= 15 is 0 Å². The monoisotopic (exact) mass is 543 g/mol. The van der Waals surface area contributed by atoms with E-state index in [0.29, 0.717) is 39.1 Å². The van der Waals surface area contributed by atoms with E-state index in [2.05, 4.69) is 16.3 Å². The van der Waals surface area contributed by atoms with Crippen molar-refractivity contribution in [2.24, 2.45) is 4.99 Å². The number of nitrogens with one attached hydrogen (secondary N) is 1. The highest BCUT2D eigenvalue weighted by molar-refractivity contribution is 7.92.